The maximum Gasteiger partial charge on any atom is 0.417 e. The summed E-state index contributed by atoms with van der Waals surface area (Å²) in [5, 5.41) is 9.46. The van der Waals surface area contributed by atoms with Gasteiger partial charge in [-0.1, -0.05) is 59.6 Å². The average Bonchev–Trinajstić information content (AvgIpc) is 2.94. The lowest BCUT2D eigenvalue weighted by Gasteiger charge is -2.18. The number of hydrogen-bond acceptors (Lipinski definition) is 5. The van der Waals surface area contributed by atoms with Gasteiger partial charge in [-0.15, -0.1) is 0 Å². The number of nitrogens with one attached hydrogen (secondary N) is 3. The number of rotatable bonds is 12. The number of anilines is 1. The predicted octanol–water partition coefficient (Wildman–Crippen LogP) is 6.57. The summed E-state index contributed by atoms with van der Waals surface area (Å²) in [6.07, 6.45) is -3.56. The van der Waals surface area contributed by atoms with Crippen LogP contribution in [0.15, 0.2) is 70.2 Å². The molecule has 3 rings (SSSR count). The third-order valence-corrected chi connectivity index (χ3v) is 7.02. The second kappa shape index (κ2) is 15.1. The van der Waals surface area contributed by atoms with E-state index in [2.05, 4.69) is 55.8 Å². The minimum absolute atomic E-state index is 0.0901. The third-order valence-electron chi connectivity index (χ3n) is 6.19. The van der Waals surface area contributed by atoms with E-state index in [-0.39, 0.29) is 16.8 Å². The normalized spacial score (nSPS) is 11.7. The Kier molecular flexibility index (Phi) is 11.9. The van der Waals surface area contributed by atoms with Gasteiger partial charge in [0.1, 0.15) is 0 Å². The summed E-state index contributed by atoms with van der Waals surface area (Å²) in [6, 6.07) is 15.1. The van der Waals surface area contributed by atoms with Crippen molar-refractivity contribution in [2.24, 2.45) is 5.10 Å². The molecule has 0 radical (unpaired) electrons. The fraction of sp³-hybridized carbons (Fsp3) is 0.276. The highest BCUT2D eigenvalue weighted by Gasteiger charge is 2.33. The van der Waals surface area contributed by atoms with Crippen LogP contribution in [0.4, 0.5) is 18.9 Å². The molecule has 0 saturated carbocycles. The van der Waals surface area contributed by atoms with Gasteiger partial charge in [0.05, 0.1) is 28.1 Å². The maximum atomic E-state index is 13.1. The van der Waals surface area contributed by atoms with Crippen molar-refractivity contribution < 1.29 is 22.8 Å². The lowest BCUT2D eigenvalue weighted by Crippen LogP contribution is -2.31. The molecule has 0 spiro atoms. The summed E-state index contributed by atoms with van der Waals surface area (Å²) in [5.41, 5.74) is 3.14. The molecule has 0 heterocycles. The molecule has 0 saturated heterocycles. The third kappa shape index (κ3) is 9.67. The van der Waals surface area contributed by atoms with Crippen LogP contribution in [0.5, 0.6) is 0 Å². The molecule has 218 valence electrons. The Balaban J connectivity index is 1.63. The topological polar surface area (TPSA) is 85.8 Å². The minimum atomic E-state index is -4.63. The van der Waals surface area contributed by atoms with E-state index in [1.807, 2.05) is 12.1 Å². The molecule has 3 aromatic rings. The largest absolute Gasteiger partial charge is 0.417 e. The van der Waals surface area contributed by atoms with Gasteiger partial charge in [0, 0.05) is 29.7 Å². The first-order valence-corrected chi connectivity index (χ1v) is 14.0. The highest BCUT2D eigenvalue weighted by Crippen LogP contribution is 2.34. The van der Waals surface area contributed by atoms with Gasteiger partial charge in [-0.3, -0.25) is 9.59 Å². The number of benzene rings is 3. The molecular weight excluding hydrogens is 623 g/mol. The van der Waals surface area contributed by atoms with Crippen LogP contribution in [0.2, 0.25) is 5.02 Å². The van der Waals surface area contributed by atoms with Crippen LogP contribution in [0, 0.1) is 0 Å². The van der Waals surface area contributed by atoms with Crippen LogP contribution in [0.1, 0.15) is 51.3 Å². The summed E-state index contributed by atoms with van der Waals surface area (Å²) in [5.74, 6) is -1.08. The van der Waals surface area contributed by atoms with Crippen molar-refractivity contribution in [3.8, 4) is 0 Å². The Morgan fingerprint density at radius 2 is 1.71 bits per heavy atom. The van der Waals surface area contributed by atoms with Crippen LogP contribution in [-0.2, 0) is 12.7 Å². The molecule has 2 amide bonds. The number of alkyl halides is 3. The SMILES string of the molecule is CCN(CC)CCNCc1ccc(C(=O)Nc2ccc(Br)cc2C(=O)NN=Cc2ccc(Cl)c(C(F)(F)F)c2)cc1. The van der Waals surface area contributed by atoms with E-state index >= 15 is 0 Å². The van der Waals surface area contributed by atoms with Crippen molar-refractivity contribution in [1.29, 1.82) is 0 Å². The van der Waals surface area contributed by atoms with E-state index in [9.17, 15) is 22.8 Å². The lowest BCUT2D eigenvalue weighted by molar-refractivity contribution is -0.137. The molecule has 0 bridgehead atoms. The lowest BCUT2D eigenvalue weighted by atomic mass is 10.1. The highest BCUT2D eigenvalue weighted by atomic mass is 79.9. The van der Waals surface area contributed by atoms with Crippen LogP contribution in [0.3, 0.4) is 0 Å². The van der Waals surface area contributed by atoms with Crippen LogP contribution in [-0.4, -0.2) is 49.1 Å². The Bertz CT molecular complexity index is 1380. The van der Waals surface area contributed by atoms with Crippen molar-refractivity contribution in [3.05, 3.63) is 98.0 Å². The van der Waals surface area contributed by atoms with E-state index < -0.39 is 28.6 Å². The molecule has 0 fully saturated rings. The van der Waals surface area contributed by atoms with Gasteiger partial charge in [-0.25, -0.2) is 5.43 Å². The van der Waals surface area contributed by atoms with Gasteiger partial charge < -0.3 is 15.5 Å². The van der Waals surface area contributed by atoms with E-state index in [0.29, 0.717) is 16.6 Å². The van der Waals surface area contributed by atoms with Crippen molar-refractivity contribution in [2.75, 3.05) is 31.5 Å². The molecule has 7 nitrogen and oxygen atoms in total. The fourth-order valence-electron chi connectivity index (χ4n) is 3.86. The molecule has 0 aromatic heterocycles. The van der Waals surface area contributed by atoms with Crippen molar-refractivity contribution in [2.45, 2.75) is 26.6 Å². The number of halogens is 5. The number of carbonyl (C=O) groups is 2. The first-order chi connectivity index (χ1) is 19.5. The van der Waals surface area contributed by atoms with Gasteiger partial charge in [-0.05, 0) is 66.7 Å². The molecule has 0 aliphatic heterocycles. The smallest absolute Gasteiger partial charge is 0.321 e. The molecule has 41 heavy (non-hydrogen) atoms. The zero-order valence-corrected chi connectivity index (χ0v) is 24.8. The van der Waals surface area contributed by atoms with E-state index in [1.54, 1.807) is 24.3 Å². The van der Waals surface area contributed by atoms with Crippen LogP contribution >= 0.6 is 27.5 Å². The van der Waals surface area contributed by atoms with Gasteiger partial charge >= 0.3 is 6.18 Å². The Hall–Kier alpha value is -3.25. The Morgan fingerprint density at radius 3 is 2.37 bits per heavy atom. The van der Waals surface area contributed by atoms with Gasteiger partial charge in [0.25, 0.3) is 11.8 Å². The molecule has 12 heteroatoms. The summed E-state index contributed by atoms with van der Waals surface area (Å²) in [6.45, 7) is 8.77. The van der Waals surface area contributed by atoms with Crippen LogP contribution < -0.4 is 16.1 Å². The van der Waals surface area contributed by atoms with Crippen LogP contribution in [0.25, 0.3) is 0 Å². The van der Waals surface area contributed by atoms with Crippen molar-refractivity contribution in [3.63, 3.8) is 0 Å². The molecule has 3 N–H and O–H groups in total. The maximum absolute atomic E-state index is 13.1. The van der Waals surface area contributed by atoms with Gasteiger partial charge in [0.2, 0.25) is 0 Å². The Labute approximate surface area is 250 Å². The number of hydrogen-bond donors (Lipinski definition) is 3. The molecule has 0 unspecified atom stereocenters. The summed E-state index contributed by atoms with van der Waals surface area (Å²) in [7, 11) is 0. The van der Waals surface area contributed by atoms with E-state index in [4.69, 9.17) is 11.6 Å². The zero-order chi connectivity index (χ0) is 30.0. The van der Waals surface area contributed by atoms with Gasteiger partial charge in [0.15, 0.2) is 0 Å². The minimum Gasteiger partial charge on any atom is -0.321 e. The zero-order valence-electron chi connectivity index (χ0n) is 22.5. The molecule has 3 aromatic carbocycles. The van der Waals surface area contributed by atoms with Gasteiger partial charge in [-0.2, -0.15) is 18.3 Å². The summed E-state index contributed by atoms with van der Waals surface area (Å²) >= 11 is 8.94. The number of amides is 2. The number of carbonyl (C=O) groups excluding carboxylic acids is 2. The molecular formula is C29H30BrClF3N5O2. The quantitative estimate of drug-likeness (QED) is 0.117. The number of nitrogens with zero attached hydrogens (tertiary/aromatic N) is 2. The average molecular weight is 653 g/mol. The first-order valence-electron chi connectivity index (χ1n) is 12.8. The first kappa shape index (κ1) is 32.3. The summed E-state index contributed by atoms with van der Waals surface area (Å²) < 4.78 is 39.9. The van der Waals surface area contributed by atoms with Crippen molar-refractivity contribution in [1.82, 2.24) is 15.6 Å². The van der Waals surface area contributed by atoms with E-state index in [1.165, 1.54) is 12.1 Å². The molecule has 0 aliphatic rings. The Morgan fingerprint density at radius 1 is 1.00 bits per heavy atom. The standard InChI is InChI=1S/C29H30BrClF3N5O2/c1-3-39(4-2)14-13-35-17-19-5-8-21(9-6-19)27(40)37-26-12-10-22(30)16-23(26)28(41)38-36-18-20-7-11-25(31)24(15-20)29(32,33)34/h5-12,15-16,18,35H,3-4,13-14,17H2,1-2H3,(H,37,40)(H,38,41). The van der Waals surface area contributed by atoms with Crippen molar-refractivity contribution >= 4 is 51.2 Å². The number of hydrazone groups is 1. The fourth-order valence-corrected chi connectivity index (χ4v) is 4.44. The van der Waals surface area contributed by atoms with E-state index in [0.717, 1.165) is 50.1 Å². The predicted molar refractivity (Wildman–Crippen MR) is 160 cm³/mol. The second-order valence-corrected chi connectivity index (χ2v) is 10.3. The summed E-state index contributed by atoms with van der Waals surface area (Å²) in [4.78, 5) is 28.1. The molecule has 0 atom stereocenters. The monoisotopic (exact) mass is 651 g/mol. The second-order valence-electron chi connectivity index (χ2n) is 8.98. The molecule has 0 aliphatic carbocycles. The highest BCUT2D eigenvalue weighted by molar-refractivity contribution is 9.10. The number of likely N-dealkylation sites (N-methyl/N-ethyl adjacent to an activating group) is 1.